The summed E-state index contributed by atoms with van der Waals surface area (Å²) in [6, 6.07) is 3.78. The maximum absolute atomic E-state index is 11.3. The number of ether oxygens (including phenoxy) is 1. The Hall–Kier alpha value is -2.20. The third-order valence-corrected chi connectivity index (χ3v) is 4.51. The van der Waals surface area contributed by atoms with Crippen molar-refractivity contribution in [2.24, 2.45) is 0 Å². The largest absolute Gasteiger partial charge is 0.450 e. The van der Waals surface area contributed by atoms with Crippen molar-refractivity contribution < 1.29 is 9.53 Å². The molecular formula is C12H12N6O2S2. The zero-order chi connectivity index (χ0) is 15.4. The van der Waals surface area contributed by atoms with Gasteiger partial charge in [0.1, 0.15) is 5.82 Å². The number of carbonyl (C=O) groups is 1. The highest BCUT2D eigenvalue weighted by Crippen LogP contribution is 2.28. The average molecular weight is 336 g/mol. The number of carbonyl (C=O) groups excluding carboxylic acids is 1. The van der Waals surface area contributed by atoms with Crippen LogP contribution in [-0.4, -0.2) is 37.8 Å². The number of amides is 1. The Morgan fingerprint density at radius 2 is 2.41 bits per heavy atom. The summed E-state index contributed by atoms with van der Waals surface area (Å²) < 4.78 is 5.51. The SMILES string of the molecule is CCOC(=O)Nc1nnc(SCc2nc3ncccc3[nH]2)s1. The molecule has 0 aliphatic rings. The first-order valence-corrected chi connectivity index (χ1v) is 8.24. The molecule has 0 unspecified atom stereocenters. The van der Waals surface area contributed by atoms with Crippen molar-refractivity contribution in [1.82, 2.24) is 25.1 Å². The van der Waals surface area contributed by atoms with Gasteiger partial charge in [0.25, 0.3) is 0 Å². The Morgan fingerprint density at radius 3 is 3.23 bits per heavy atom. The third-order valence-electron chi connectivity index (χ3n) is 2.53. The van der Waals surface area contributed by atoms with Gasteiger partial charge in [-0.25, -0.2) is 14.8 Å². The highest BCUT2D eigenvalue weighted by Gasteiger charge is 2.10. The Balaban J connectivity index is 1.59. The van der Waals surface area contributed by atoms with E-state index in [1.165, 1.54) is 23.1 Å². The van der Waals surface area contributed by atoms with Gasteiger partial charge < -0.3 is 9.72 Å². The molecule has 114 valence electrons. The third kappa shape index (κ3) is 3.52. The second-order valence-corrected chi connectivity index (χ2v) is 6.27. The summed E-state index contributed by atoms with van der Waals surface area (Å²) in [6.45, 7) is 2.05. The Bertz CT molecular complexity index is 754. The quantitative estimate of drug-likeness (QED) is 0.545. The van der Waals surface area contributed by atoms with Gasteiger partial charge in [0.05, 0.1) is 17.9 Å². The summed E-state index contributed by atoms with van der Waals surface area (Å²) in [6.07, 6.45) is 1.18. The maximum atomic E-state index is 11.3. The lowest BCUT2D eigenvalue weighted by Crippen LogP contribution is -2.12. The number of H-pyrrole nitrogens is 1. The summed E-state index contributed by atoms with van der Waals surface area (Å²) in [5.74, 6) is 1.43. The maximum Gasteiger partial charge on any atom is 0.413 e. The molecule has 0 radical (unpaired) electrons. The number of nitrogens with one attached hydrogen (secondary N) is 2. The number of aromatic amines is 1. The van der Waals surface area contributed by atoms with Gasteiger partial charge in [0.15, 0.2) is 9.99 Å². The Labute approximate surface area is 133 Å². The molecule has 3 aromatic rings. The Kier molecular flexibility index (Phi) is 4.49. The topological polar surface area (TPSA) is 106 Å². The molecule has 3 heterocycles. The predicted octanol–water partition coefficient (Wildman–Crippen LogP) is 2.67. The highest BCUT2D eigenvalue weighted by atomic mass is 32.2. The molecule has 0 aliphatic carbocycles. The van der Waals surface area contributed by atoms with Crippen LogP contribution in [-0.2, 0) is 10.5 Å². The van der Waals surface area contributed by atoms with Crippen LogP contribution >= 0.6 is 23.1 Å². The molecule has 0 atom stereocenters. The molecule has 0 spiro atoms. The van der Waals surface area contributed by atoms with Crippen LogP contribution in [0.1, 0.15) is 12.7 Å². The van der Waals surface area contributed by atoms with Crippen molar-refractivity contribution in [3.05, 3.63) is 24.2 Å². The molecule has 0 saturated heterocycles. The number of pyridine rings is 1. The number of aromatic nitrogens is 5. The number of nitrogens with zero attached hydrogens (tertiary/aromatic N) is 4. The summed E-state index contributed by atoms with van der Waals surface area (Å²) >= 11 is 2.77. The molecule has 0 fully saturated rings. The monoisotopic (exact) mass is 336 g/mol. The van der Waals surface area contributed by atoms with Crippen molar-refractivity contribution in [2.45, 2.75) is 17.0 Å². The number of thioether (sulfide) groups is 1. The minimum atomic E-state index is -0.529. The van der Waals surface area contributed by atoms with Gasteiger partial charge in [-0.15, -0.1) is 10.2 Å². The van der Waals surface area contributed by atoms with Crippen molar-refractivity contribution in [3.63, 3.8) is 0 Å². The second kappa shape index (κ2) is 6.71. The van der Waals surface area contributed by atoms with E-state index in [-0.39, 0.29) is 0 Å². The van der Waals surface area contributed by atoms with Gasteiger partial charge in [-0.05, 0) is 19.1 Å². The van der Waals surface area contributed by atoms with Crippen LogP contribution < -0.4 is 5.32 Å². The molecule has 22 heavy (non-hydrogen) atoms. The highest BCUT2D eigenvalue weighted by molar-refractivity contribution is 8.00. The number of hydrogen-bond donors (Lipinski definition) is 2. The van der Waals surface area contributed by atoms with E-state index in [9.17, 15) is 4.79 Å². The van der Waals surface area contributed by atoms with Crippen LogP contribution in [0.25, 0.3) is 11.2 Å². The molecule has 8 nitrogen and oxygen atoms in total. The summed E-state index contributed by atoms with van der Waals surface area (Å²) in [4.78, 5) is 23.0. The minimum Gasteiger partial charge on any atom is -0.450 e. The fourth-order valence-corrected chi connectivity index (χ4v) is 3.27. The van der Waals surface area contributed by atoms with Crippen LogP contribution in [0.4, 0.5) is 9.93 Å². The summed E-state index contributed by atoms with van der Waals surface area (Å²) in [5.41, 5.74) is 1.60. The molecule has 0 saturated carbocycles. The van der Waals surface area contributed by atoms with E-state index in [2.05, 4.69) is 30.5 Å². The molecular weight excluding hydrogens is 324 g/mol. The van der Waals surface area contributed by atoms with Crippen molar-refractivity contribution in [3.8, 4) is 0 Å². The van der Waals surface area contributed by atoms with Crippen LogP contribution in [0.15, 0.2) is 22.7 Å². The van der Waals surface area contributed by atoms with Crippen LogP contribution in [0.3, 0.4) is 0 Å². The van der Waals surface area contributed by atoms with Crippen LogP contribution in [0, 0.1) is 0 Å². The van der Waals surface area contributed by atoms with E-state index in [4.69, 9.17) is 4.74 Å². The molecule has 1 amide bonds. The lowest BCUT2D eigenvalue weighted by molar-refractivity contribution is 0.168. The van der Waals surface area contributed by atoms with Crippen LogP contribution in [0.5, 0.6) is 0 Å². The van der Waals surface area contributed by atoms with Crippen molar-refractivity contribution in [2.75, 3.05) is 11.9 Å². The minimum absolute atomic E-state index is 0.312. The van der Waals surface area contributed by atoms with Crippen molar-refractivity contribution >= 4 is 45.5 Å². The van der Waals surface area contributed by atoms with E-state index in [1.54, 1.807) is 13.1 Å². The lowest BCUT2D eigenvalue weighted by Gasteiger charge is -1.99. The number of hydrogen-bond acceptors (Lipinski definition) is 8. The number of fused-ring (bicyclic) bond motifs is 1. The molecule has 10 heteroatoms. The van der Waals surface area contributed by atoms with E-state index in [0.29, 0.717) is 23.1 Å². The van der Waals surface area contributed by atoms with Gasteiger partial charge in [-0.3, -0.25) is 5.32 Å². The van der Waals surface area contributed by atoms with E-state index < -0.39 is 6.09 Å². The average Bonchev–Trinajstić information content (AvgIpc) is 3.11. The summed E-state index contributed by atoms with van der Waals surface area (Å²) in [7, 11) is 0. The van der Waals surface area contributed by atoms with Crippen molar-refractivity contribution in [1.29, 1.82) is 0 Å². The first-order chi connectivity index (χ1) is 10.7. The molecule has 2 N–H and O–H groups in total. The standard InChI is InChI=1S/C12H12N6O2S2/c1-2-20-11(19)16-10-17-18-12(22-10)21-6-8-14-7-4-3-5-13-9(7)15-8/h3-5H,2,6H2,1H3,(H,13,14,15)(H,16,17,19). The molecule has 0 aromatic carbocycles. The Morgan fingerprint density at radius 1 is 1.50 bits per heavy atom. The van der Waals surface area contributed by atoms with Crippen LogP contribution in [0.2, 0.25) is 0 Å². The number of anilines is 1. The first-order valence-electron chi connectivity index (χ1n) is 6.44. The van der Waals surface area contributed by atoms with Gasteiger partial charge in [-0.1, -0.05) is 23.1 Å². The van der Waals surface area contributed by atoms with Gasteiger partial charge in [0.2, 0.25) is 5.13 Å². The molecule has 0 bridgehead atoms. The zero-order valence-corrected chi connectivity index (χ0v) is 13.2. The fourth-order valence-electron chi connectivity index (χ4n) is 1.67. The first kappa shape index (κ1) is 14.7. The normalized spacial score (nSPS) is 10.8. The van der Waals surface area contributed by atoms with Gasteiger partial charge >= 0.3 is 6.09 Å². The molecule has 3 rings (SSSR count). The van der Waals surface area contributed by atoms with Gasteiger partial charge in [0, 0.05) is 6.20 Å². The number of rotatable bonds is 5. The molecule has 0 aliphatic heterocycles. The molecule has 3 aromatic heterocycles. The predicted molar refractivity (Wildman–Crippen MR) is 84.0 cm³/mol. The van der Waals surface area contributed by atoms with E-state index >= 15 is 0 Å². The lowest BCUT2D eigenvalue weighted by atomic mass is 10.4. The zero-order valence-electron chi connectivity index (χ0n) is 11.6. The van der Waals surface area contributed by atoms with Gasteiger partial charge in [-0.2, -0.15) is 0 Å². The number of imidazole rings is 1. The van der Waals surface area contributed by atoms with E-state index in [0.717, 1.165) is 15.7 Å². The fraction of sp³-hybridized carbons (Fsp3) is 0.250. The van der Waals surface area contributed by atoms with E-state index in [1.807, 2.05) is 12.1 Å². The smallest absolute Gasteiger partial charge is 0.413 e. The second-order valence-electron chi connectivity index (χ2n) is 4.07. The summed E-state index contributed by atoms with van der Waals surface area (Å²) in [5, 5.41) is 10.8.